The van der Waals surface area contributed by atoms with Gasteiger partial charge in [-0.25, -0.2) is 0 Å². The Kier molecular flexibility index (Phi) is 4.18. The van der Waals surface area contributed by atoms with Gasteiger partial charge in [0.25, 0.3) is 0 Å². The molecule has 0 radical (unpaired) electrons. The third kappa shape index (κ3) is 4.24. The van der Waals surface area contributed by atoms with E-state index in [1.807, 2.05) is 0 Å². The Bertz CT molecular complexity index is 168. The molecule has 1 unspecified atom stereocenters. The Morgan fingerprint density at radius 1 is 1.62 bits per heavy atom. The van der Waals surface area contributed by atoms with Gasteiger partial charge in [-0.1, -0.05) is 0 Å². The molecular formula is C9H17NO3. The van der Waals surface area contributed by atoms with Crippen LogP contribution in [0.3, 0.4) is 0 Å². The smallest absolute Gasteiger partial charge is 0.322 e. The molecule has 1 aliphatic rings. The van der Waals surface area contributed by atoms with E-state index in [0.29, 0.717) is 25.7 Å². The Balaban J connectivity index is 2.01. The molecule has 0 bridgehead atoms. The van der Waals surface area contributed by atoms with Crippen molar-refractivity contribution in [2.75, 3.05) is 13.2 Å². The second-order valence-electron chi connectivity index (χ2n) is 3.22. The van der Waals surface area contributed by atoms with E-state index < -0.39 is 6.04 Å². The first-order valence-corrected chi connectivity index (χ1v) is 4.78. The summed E-state index contributed by atoms with van der Waals surface area (Å²) in [6.07, 6.45) is 3.27. The van der Waals surface area contributed by atoms with E-state index in [2.05, 4.69) is 0 Å². The number of esters is 1. The van der Waals surface area contributed by atoms with Crippen LogP contribution in [0.1, 0.15) is 26.2 Å². The highest BCUT2D eigenvalue weighted by molar-refractivity contribution is 5.75. The van der Waals surface area contributed by atoms with Crippen LogP contribution in [0.5, 0.6) is 0 Å². The van der Waals surface area contributed by atoms with E-state index in [0.717, 1.165) is 12.8 Å². The van der Waals surface area contributed by atoms with E-state index >= 15 is 0 Å². The largest absolute Gasteiger partial charge is 0.465 e. The fourth-order valence-electron chi connectivity index (χ4n) is 0.964. The van der Waals surface area contributed by atoms with Gasteiger partial charge >= 0.3 is 5.97 Å². The summed E-state index contributed by atoms with van der Waals surface area (Å²) in [7, 11) is 0. The Labute approximate surface area is 78.4 Å². The number of ether oxygens (including phenoxy) is 2. The molecule has 1 fully saturated rings. The van der Waals surface area contributed by atoms with Crippen LogP contribution in [-0.2, 0) is 14.3 Å². The lowest BCUT2D eigenvalue weighted by molar-refractivity contribution is -0.145. The van der Waals surface area contributed by atoms with Gasteiger partial charge < -0.3 is 15.2 Å². The topological polar surface area (TPSA) is 61.5 Å². The molecule has 0 saturated heterocycles. The van der Waals surface area contributed by atoms with Gasteiger partial charge in [0.2, 0.25) is 0 Å². The average Bonchev–Trinajstić information content (AvgIpc) is 2.88. The number of rotatable bonds is 6. The summed E-state index contributed by atoms with van der Waals surface area (Å²) in [6, 6.07) is -0.529. The fourth-order valence-corrected chi connectivity index (χ4v) is 0.964. The maximum absolute atomic E-state index is 11.0. The highest BCUT2D eigenvalue weighted by atomic mass is 16.5. The molecular weight excluding hydrogens is 170 g/mol. The molecule has 0 aromatic rings. The SMILES string of the molecule is CCOC(=O)C(N)CCOC1CC1. The van der Waals surface area contributed by atoms with Crippen LogP contribution >= 0.6 is 0 Å². The minimum atomic E-state index is -0.529. The van der Waals surface area contributed by atoms with Gasteiger partial charge in [-0.15, -0.1) is 0 Å². The van der Waals surface area contributed by atoms with Crippen molar-refractivity contribution in [1.82, 2.24) is 0 Å². The van der Waals surface area contributed by atoms with E-state index in [1.54, 1.807) is 6.92 Å². The molecule has 1 rings (SSSR count). The van der Waals surface area contributed by atoms with Crippen LogP contribution in [0.25, 0.3) is 0 Å². The number of hydrogen-bond donors (Lipinski definition) is 1. The number of carbonyl (C=O) groups is 1. The zero-order valence-electron chi connectivity index (χ0n) is 7.99. The zero-order valence-corrected chi connectivity index (χ0v) is 7.99. The minimum absolute atomic E-state index is 0.332. The van der Waals surface area contributed by atoms with Crippen molar-refractivity contribution in [2.24, 2.45) is 5.73 Å². The third-order valence-electron chi connectivity index (χ3n) is 1.90. The van der Waals surface area contributed by atoms with Gasteiger partial charge in [-0.05, 0) is 26.2 Å². The second-order valence-corrected chi connectivity index (χ2v) is 3.22. The van der Waals surface area contributed by atoms with E-state index in [1.165, 1.54) is 0 Å². The molecule has 1 atom stereocenters. The van der Waals surface area contributed by atoms with Crippen LogP contribution in [0.15, 0.2) is 0 Å². The molecule has 2 N–H and O–H groups in total. The molecule has 13 heavy (non-hydrogen) atoms. The first-order valence-electron chi connectivity index (χ1n) is 4.78. The van der Waals surface area contributed by atoms with Crippen molar-refractivity contribution < 1.29 is 14.3 Å². The van der Waals surface area contributed by atoms with Crippen LogP contribution in [0.4, 0.5) is 0 Å². The maximum Gasteiger partial charge on any atom is 0.322 e. The third-order valence-corrected chi connectivity index (χ3v) is 1.90. The van der Waals surface area contributed by atoms with Gasteiger partial charge in [0.1, 0.15) is 6.04 Å². The van der Waals surface area contributed by atoms with Crippen LogP contribution < -0.4 is 5.73 Å². The predicted molar refractivity (Wildman–Crippen MR) is 48.2 cm³/mol. The Hall–Kier alpha value is -0.610. The van der Waals surface area contributed by atoms with Crippen molar-refractivity contribution in [1.29, 1.82) is 0 Å². The minimum Gasteiger partial charge on any atom is -0.465 e. The Morgan fingerprint density at radius 3 is 2.85 bits per heavy atom. The standard InChI is InChI=1S/C9H17NO3/c1-2-12-9(11)8(10)5-6-13-7-3-4-7/h7-8H,2-6,10H2,1H3. The molecule has 4 nitrogen and oxygen atoms in total. The molecule has 1 saturated carbocycles. The van der Waals surface area contributed by atoms with Gasteiger partial charge in [0.05, 0.1) is 12.7 Å². The summed E-state index contributed by atoms with van der Waals surface area (Å²) < 4.78 is 10.1. The molecule has 0 aromatic heterocycles. The summed E-state index contributed by atoms with van der Waals surface area (Å²) in [5, 5.41) is 0. The monoisotopic (exact) mass is 187 g/mol. The lowest BCUT2D eigenvalue weighted by Gasteiger charge is -2.09. The molecule has 1 aliphatic carbocycles. The molecule has 0 aromatic carbocycles. The summed E-state index contributed by atoms with van der Waals surface area (Å²) >= 11 is 0. The zero-order chi connectivity index (χ0) is 9.68. The molecule has 0 amide bonds. The van der Waals surface area contributed by atoms with Gasteiger partial charge in [-0.2, -0.15) is 0 Å². The lowest BCUT2D eigenvalue weighted by atomic mass is 10.2. The molecule has 0 aliphatic heterocycles. The highest BCUT2D eigenvalue weighted by Gasteiger charge is 2.22. The first-order chi connectivity index (χ1) is 6.24. The quantitative estimate of drug-likeness (QED) is 0.613. The van der Waals surface area contributed by atoms with E-state index in [9.17, 15) is 4.79 Å². The van der Waals surface area contributed by atoms with Crippen molar-refractivity contribution >= 4 is 5.97 Å². The summed E-state index contributed by atoms with van der Waals surface area (Å²) in [5.41, 5.74) is 5.56. The summed E-state index contributed by atoms with van der Waals surface area (Å²) in [5.74, 6) is -0.332. The number of hydrogen-bond acceptors (Lipinski definition) is 4. The fraction of sp³-hybridized carbons (Fsp3) is 0.889. The van der Waals surface area contributed by atoms with Crippen LogP contribution in [-0.4, -0.2) is 31.3 Å². The average molecular weight is 187 g/mol. The van der Waals surface area contributed by atoms with Crippen molar-refractivity contribution in [3.63, 3.8) is 0 Å². The highest BCUT2D eigenvalue weighted by Crippen LogP contribution is 2.23. The van der Waals surface area contributed by atoms with Crippen LogP contribution in [0, 0.1) is 0 Å². The summed E-state index contributed by atoms with van der Waals surface area (Å²) in [4.78, 5) is 11.0. The van der Waals surface area contributed by atoms with Gasteiger partial charge in [-0.3, -0.25) is 4.79 Å². The molecule has 76 valence electrons. The van der Waals surface area contributed by atoms with E-state index in [-0.39, 0.29) is 5.97 Å². The van der Waals surface area contributed by atoms with Crippen molar-refractivity contribution in [3.8, 4) is 0 Å². The molecule has 0 heterocycles. The Morgan fingerprint density at radius 2 is 2.31 bits per heavy atom. The van der Waals surface area contributed by atoms with Gasteiger partial charge in [0, 0.05) is 6.61 Å². The van der Waals surface area contributed by atoms with Crippen molar-refractivity contribution in [2.45, 2.75) is 38.3 Å². The van der Waals surface area contributed by atoms with Gasteiger partial charge in [0.15, 0.2) is 0 Å². The van der Waals surface area contributed by atoms with Crippen molar-refractivity contribution in [3.05, 3.63) is 0 Å². The normalized spacial score (nSPS) is 18.3. The first kappa shape index (κ1) is 10.5. The summed E-state index contributed by atoms with van der Waals surface area (Å²) in [6.45, 7) is 2.71. The lowest BCUT2D eigenvalue weighted by Crippen LogP contribution is -2.33. The number of carbonyl (C=O) groups excluding carboxylic acids is 1. The predicted octanol–water partition coefficient (Wildman–Crippen LogP) is 0.446. The van der Waals surface area contributed by atoms with Crippen LogP contribution in [0.2, 0.25) is 0 Å². The second kappa shape index (κ2) is 5.19. The molecule has 4 heteroatoms. The number of nitrogens with two attached hydrogens (primary N) is 1. The molecule has 0 spiro atoms. The van der Waals surface area contributed by atoms with E-state index in [4.69, 9.17) is 15.2 Å². The maximum atomic E-state index is 11.0.